The third-order valence-corrected chi connectivity index (χ3v) is 15.0. The van der Waals surface area contributed by atoms with Gasteiger partial charge in [0.25, 0.3) is 5.78 Å². The quantitative estimate of drug-likeness (QED) is 0.0354. The largest absolute Gasteiger partial charge is 0.512 e. The van der Waals surface area contributed by atoms with Gasteiger partial charge in [0.2, 0.25) is 0 Å². The molecule has 0 amide bonds. The molecular formula is C75H79F6Ir3N7O2Pt-4. The fraction of sp³-hybridized carbons (Fsp3) is 0.320. The monoisotopic (exact) mass is 2000 g/mol. The molecule has 1 N–H and O–H groups in total. The third-order valence-electron chi connectivity index (χ3n) is 15.0. The van der Waals surface area contributed by atoms with Gasteiger partial charge < -0.3 is 24.7 Å². The molecule has 0 aliphatic heterocycles. The van der Waals surface area contributed by atoms with Crippen LogP contribution in [0.1, 0.15) is 154 Å². The Morgan fingerprint density at radius 1 is 0.670 bits per heavy atom. The van der Waals surface area contributed by atoms with Crippen molar-refractivity contribution in [2.75, 3.05) is 0 Å². The molecule has 0 bridgehead atoms. The number of aromatic nitrogens is 7. The first-order valence-corrected chi connectivity index (χ1v) is 30.1. The summed E-state index contributed by atoms with van der Waals surface area (Å²) in [5, 5.41) is 17.6. The van der Waals surface area contributed by atoms with E-state index in [0.29, 0.717) is 22.8 Å². The first-order valence-electron chi connectivity index (χ1n) is 30.1. The van der Waals surface area contributed by atoms with Gasteiger partial charge in [0.05, 0.1) is 11.6 Å². The smallest absolute Gasteiger partial charge is 0.454 e. The average molecular weight is 2000 g/mol. The number of pyridine rings is 5. The summed E-state index contributed by atoms with van der Waals surface area (Å²) >= 11 is 0. The SMILES string of the molecule is CC(C)(C)CCc1ccc2cc(-c3[c-]cc4ccccc4c3)ncc2c1.CC(C)CCc1c[c-]n(-c2ccccn2)n1.CC(O)=CC(=O)C(F)(F)F.CCC(C)c1ccnc(C(C)(C)c2[c-]cccc2)c1.CCC(C)c1cnc(-c2[c-]cc(F)nc2F)cc1F.[Ir].[Ir].[Ir].[Pt]. The number of nitrogens with zero attached hydrogens (tertiary/aromatic N) is 7. The molecule has 6 aromatic heterocycles. The number of alkyl halides is 3. The van der Waals surface area contributed by atoms with Crippen molar-refractivity contribution >= 4 is 27.3 Å². The van der Waals surface area contributed by atoms with Crippen LogP contribution in [-0.2, 0) is 104 Å². The second-order valence-electron chi connectivity index (χ2n) is 24.2. The Morgan fingerprint density at radius 2 is 1.34 bits per heavy atom. The van der Waals surface area contributed by atoms with Gasteiger partial charge in [0.15, 0.2) is 0 Å². The molecule has 0 fully saturated rings. The maximum atomic E-state index is 13.9. The van der Waals surface area contributed by atoms with E-state index in [1.54, 1.807) is 10.9 Å². The molecule has 19 heteroatoms. The number of carbonyl (C=O) groups is 1. The number of carbonyl (C=O) groups excluding carboxylic acids is 1. The molecule has 4 aromatic carbocycles. The van der Waals surface area contributed by atoms with E-state index in [4.69, 9.17) is 10.1 Å². The zero-order chi connectivity index (χ0) is 65.8. The zero-order valence-electron chi connectivity index (χ0n) is 54.6. The summed E-state index contributed by atoms with van der Waals surface area (Å²) in [6, 6.07) is 52.8. The predicted octanol–water partition coefficient (Wildman–Crippen LogP) is 19.7. The van der Waals surface area contributed by atoms with Crippen molar-refractivity contribution in [1.82, 2.24) is 34.7 Å². The third kappa shape index (κ3) is 26.1. The van der Waals surface area contributed by atoms with Crippen molar-refractivity contribution in [2.24, 2.45) is 11.3 Å². The Morgan fingerprint density at radius 3 is 1.94 bits per heavy atom. The molecular weight excluding hydrogens is 1920 g/mol. The molecule has 2 unspecified atom stereocenters. The normalized spacial score (nSPS) is 11.8. The van der Waals surface area contributed by atoms with Crippen LogP contribution < -0.4 is 0 Å². The van der Waals surface area contributed by atoms with Crippen LogP contribution in [0.25, 0.3) is 49.9 Å². The van der Waals surface area contributed by atoms with E-state index in [2.05, 4.69) is 191 Å². The maximum Gasteiger partial charge on any atom is 0.454 e. The van der Waals surface area contributed by atoms with E-state index in [1.165, 1.54) is 50.9 Å². The van der Waals surface area contributed by atoms with Crippen LogP contribution in [0.2, 0.25) is 0 Å². The van der Waals surface area contributed by atoms with E-state index in [-0.39, 0.29) is 110 Å². The Labute approximate surface area is 605 Å². The first kappa shape index (κ1) is 83.9. The topological polar surface area (TPSA) is 120 Å². The van der Waals surface area contributed by atoms with Crippen molar-refractivity contribution in [3.8, 4) is 28.3 Å². The van der Waals surface area contributed by atoms with Gasteiger partial charge in [-0.1, -0.05) is 167 Å². The average Bonchev–Trinajstić information content (AvgIpc) is 1.02. The molecule has 10 aromatic rings. The van der Waals surface area contributed by atoms with Gasteiger partial charge in [-0.25, -0.2) is 13.2 Å². The van der Waals surface area contributed by atoms with Gasteiger partial charge in [-0.2, -0.15) is 49.1 Å². The summed E-state index contributed by atoms with van der Waals surface area (Å²) in [7, 11) is 0. The molecule has 0 aliphatic rings. The number of aliphatic hydroxyl groups is 1. The number of aliphatic hydroxyl groups excluding tert-OH is 1. The number of rotatable bonds is 15. The maximum absolute atomic E-state index is 13.9. The number of allylic oxidation sites excluding steroid dienone is 2. The minimum absolute atomic E-state index is 0. The van der Waals surface area contributed by atoms with Gasteiger partial charge in [0, 0.05) is 129 Å². The molecule has 9 nitrogen and oxygen atoms in total. The van der Waals surface area contributed by atoms with Gasteiger partial charge in [-0.3, -0.25) is 19.9 Å². The standard InChI is InChI=1S/C25H24N.C18H22N.C14H12F3N2.C13H16N3.C5H5F3O2.3Ir.Pt/c1-25(2,3)13-12-18-8-9-21-16-24(26-17-23(21)14-18)22-11-10-19-6-4-5-7-20(19)15-22;1-5-14(2)15-11-12-19-17(13-15)18(3,4)16-9-7-6-8-10-16;1-3-8(2)10-7-18-12(6-11(10)15)9-4-5-13(16)19-14(9)17;1-11(2)6-7-12-8-10-16(15-12)13-5-3-4-9-14-13;1-3(9)2-4(10)5(6,7)8;;;;/h4-10,14-17H,12-13H2,1-3H3;6-9,11-14H,5H2,1-4H3;5-8H,3H2,1-2H3;3-5,8-9,11H,6-7H2,1-2H3;2,9H,1H3;;;;/q4*-1;;;;;. The van der Waals surface area contributed by atoms with Crippen molar-refractivity contribution in [2.45, 2.75) is 145 Å². The molecule has 94 heavy (non-hydrogen) atoms. The number of aryl methyl sites for hydroxylation is 2. The number of hydrogen-bond donors (Lipinski definition) is 1. The summed E-state index contributed by atoms with van der Waals surface area (Å²) in [6.45, 7) is 25.0. The molecule has 10 rings (SSSR count). The van der Waals surface area contributed by atoms with Gasteiger partial charge in [-0.15, -0.1) is 41.3 Å². The second kappa shape index (κ2) is 39.7. The molecule has 2 atom stereocenters. The van der Waals surface area contributed by atoms with E-state index < -0.39 is 35.4 Å². The molecule has 0 spiro atoms. The Bertz CT molecular complexity index is 3960. The molecule has 0 saturated heterocycles. The van der Waals surface area contributed by atoms with Crippen LogP contribution in [0.15, 0.2) is 170 Å². The number of hydrogen-bond acceptors (Lipinski definition) is 8. The first-order chi connectivity index (χ1) is 42.6. The number of halogens is 6. The van der Waals surface area contributed by atoms with Crippen molar-refractivity contribution in [3.05, 3.63) is 246 Å². The van der Waals surface area contributed by atoms with Crippen molar-refractivity contribution < 1.29 is 118 Å². The zero-order valence-corrected chi connectivity index (χ0v) is 64.1. The number of fused-ring (bicyclic) bond motifs is 2. The van der Waals surface area contributed by atoms with Gasteiger partial charge in [-0.05, 0) is 125 Å². The summed E-state index contributed by atoms with van der Waals surface area (Å²) in [5.74, 6) is -3.05. The van der Waals surface area contributed by atoms with Gasteiger partial charge >= 0.3 is 6.18 Å². The van der Waals surface area contributed by atoms with Crippen LogP contribution >= 0.6 is 0 Å². The molecule has 0 aliphatic carbocycles. The number of benzene rings is 4. The van der Waals surface area contributed by atoms with Crippen LogP contribution in [-0.4, -0.2) is 51.8 Å². The molecule has 3 radical (unpaired) electrons. The minimum atomic E-state index is -4.88. The van der Waals surface area contributed by atoms with E-state index in [9.17, 15) is 31.1 Å². The van der Waals surface area contributed by atoms with Gasteiger partial charge in [0.1, 0.15) is 17.7 Å². The van der Waals surface area contributed by atoms with Crippen molar-refractivity contribution in [3.63, 3.8) is 0 Å². The Kier molecular flexibility index (Phi) is 35.5. The van der Waals surface area contributed by atoms with Crippen LogP contribution in [0, 0.1) is 53.4 Å². The van der Waals surface area contributed by atoms with E-state index >= 15 is 0 Å². The van der Waals surface area contributed by atoms with Crippen LogP contribution in [0.3, 0.4) is 0 Å². The predicted molar refractivity (Wildman–Crippen MR) is 347 cm³/mol. The second-order valence-corrected chi connectivity index (χ2v) is 24.2. The van der Waals surface area contributed by atoms with E-state index in [1.807, 2.05) is 68.7 Å². The van der Waals surface area contributed by atoms with Crippen LogP contribution in [0.5, 0.6) is 0 Å². The van der Waals surface area contributed by atoms with E-state index in [0.717, 1.165) is 79.6 Å². The number of ketones is 1. The fourth-order valence-electron chi connectivity index (χ4n) is 9.00. The summed E-state index contributed by atoms with van der Waals surface area (Å²) < 4.78 is 75.7. The fourth-order valence-corrected chi connectivity index (χ4v) is 9.00. The van der Waals surface area contributed by atoms with Crippen LogP contribution in [0.4, 0.5) is 26.3 Å². The summed E-state index contributed by atoms with van der Waals surface area (Å²) in [6.07, 6.45) is 11.8. The Balaban J connectivity index is 0.000000407. The molecule has 0 saturated carbocycles. The minimum Gasteiger partial charge on any atom is -0.512 e. The summed E-state index contributed by atoms with van der Waals surface area (Å²) in [4.78, 5) is 30.4. The molecule has 6 heterocycles. The molecule has 509 valence electrons. The summed E-state index contributed by atoms with van der Waals surface area (Å²) in [5.41, 5.74) is 8.81. The van der Waals surface area contributed by atoms with Crippen molar-refractivity contribution in [1.29, 1.82) is 0 Å². The Hall–Kier alpha value is -6.21.